The van der Waals surface area contributed by atoms with E-state index in [-0.39, 0.29) is 0 Å². The summed E-state index contributed by atoms with van der Waals surface area (Å²) in [6, 6.07) is 0.393. The molecular weight excluding hydrogens is 246 g/mol. The molecule has 0 amide bonds. The van der Waals surface area contributed by atoms with Crippen molar-refractivity contribution in [1.82, 2.24) is 10.3 Å². The highest BCUT2D eigenvalue weighted by Gasteiger charge is 2.18. The molecule has 2 heterocycles. The van der Waals surface area contributed by atoms with Gasteiger partial charge in [0.1, 0.15) is 0 Å². The van der Waals surface area contributed by atoms with Gasteiger partial charge in [0, 0.05) is 30.6 Å². The van der Waals surface area contributed by atoms with Crippen LogP contribution in [0.3, 0.4) is 0 Å². The van der Waals surface area contributed by atoms with Gasteiger partial charge in [-0.05, 0) is 26.8 Å². The molecule has 4 nitrogen and oxygen atoms in total. The molecule has 0 saturated carbocycles. The van der Waals surface area contributed by atoms with Crippen LogP contribution in [0.5, 0.6) is 0 Å². The zero-order valence-electron chi connectivity index (χ0n) is 11.5. The molecule has 102 valence electrons. The Labute approximate surface area is 113 Å². The van der Waals surface area contributed by atoms with E-state index in [2.05, 4.69) is 31.0 Å². The fourth-order valence-electron chi connectivity index (χ4n) is 2.27. The molecule has 1 atom stereocenters. The SMILES string of the molecule is CCNC(C)c1sc(N2CCCOCC2)nc1C. The number of anilines is 1. The summed E-state index contributed by atoms with van der Waals surface area (Å²) in [6.45, 7) is 11.2. The number of ether oxygens (including phenoxy) is 1. The average molecular weight is 269 g/mol. The van der Waals surface area contributed by atoms with Crippen molar-refractivity contribution < 1.29 is 4.74 Å². The highest BCUT2D eigenvalue weighted by Crippen LogP contribution is 2.31. The van der Waals surface area contributed by atoms with Gasteiger partial charge in [-0.25, -0.2) is 4.98 Å². The molecule has 0 aromatic carbocycles. The first-order chi connectivity index (χ1) is 8.72. The van der Waals surface area contributed by atoms with Crippen molar-refractivity contribution in [1.29, 1.82) is 0 Å². The molecule has 1 aliphatic heterocycles. The zero-order valence-corrected chi connectivity index (χ0v) is 12.3. The Hall–Kier alpha value is -0.650. The average Bonchev–Trinajstić information content (AvgIpc) is 2.58. The lowest BCUT2D eigenvalue weighted by atomic mass is 10.2. The van der Waals surface area contributed by atoms with Gasteiger partial charge in [-0.1, -0.05) is 6.92 Å². The van der Waals surface area contributed by atoms with Crippen LogP contribution in [0.25, 0.3) is 0 Å². The van der Waals surface area contributed by atoms with E-state index in [0.29, 0.717) is 6.04 Å². The third-order valence-corrected chi connectivity index (χ3v) is 4.62. The van der Waals surface area contributed by atoms with E-state index in [4.69, 9.17) is 9.72 Å². The summed E-state index contributed by atoms with van der Waals surface area (Å²) in [4.78, 5) is 8.44. The summed E-state index contributed by atoms with van der Waals surface area (Å²) in [5.41, 5.74) is 1.16. The topological polar surface area (TPSA) is 37.4 Å². The van der Waals surface area contributed by atoms with Crippen molar-refractivity contribution >= 4 is 16.5 Å². The van der Waals surface area contributed by atoms with E-state index >= 15 is 0 Å². The van der Waals surface area contributed by atoms with E-state index < -0.39 is 0 Å². The number of hydrogen-bond acceptors (Lipinski definition) is 5. The first-order valence-corrected chi connectivity index (χ1v) is 7.57. The van der Waals surface area contributed by atoms with Crippen LogP contribution >= 0.6 is 11.3 Å². The summed E-state index contributed by atoms with van der Waals surface area (Å²) < 4.78 is 5.49. The second-order valence-corrected chi connectivity index (χ2v) is 5.69. The van der Waals surface area contributed by atoms with Gasteiger partial charge < -0.3 is 15.0 Å². The maximum atomic E-state index is 5.49. The van der Waals surface area contributed by atoms with Gasteiger partial charge in [-0.15, -0.1) is 11.3 Å². The van der Waals surface area contributed by atoms with E-state index in [1.807, 2.05) is 11.3 Å². The maximum absolute atomic E-state index is 5.49. The summed E-state index contributed by atoms with van der Waals surface area (Å²) in [6.07, 6.45) is 1.09. The lowest BCUT2D eigenvalue weighted by Crippen LogP contribution is -2.25. The van der Waals surface area contributed by atoms with E-state index in [0.717, 1.165) is 50.1 Å². The molecule has 1 saturated heterocycles. The number of nitrogens with zero attached hydrogens (tertiary/aromatic N) is 2. The highest BCUT2D eigenvalue weighted by atomic mass is 32.1. The predicted octanol–water partition coefficient (Wildman–Crippen LogP) is 2.35. The Morgan fingerprint density at radius 2 is 2.28 bits per heavy atom. The Morgan fingerprint density at radius 3 is 3.06 bits per heavy atom. The number of aromatic nitrogens is 1. The molecule has 1 N–H and O–H groups in total. The molecule has 1 aliphatic rings. The van der Waals surface area contributed by atoms with Gasteiger partial charge in [-0.3, -0.25) is 0 Å². The molecule has 5 heteroatoms. The fourth-order valence-corrected chi connectivity index (χ4v) is 3.41. The normalized spacial score (nSPS) is 18.7. The van der Waals surface area contributed by atoms with E-state index in [9.17, 15) is 0 Å². The minimum atomic E-state index is 0.393. The molecule has 0 spiro atoms. The van der Waals surface area contributed by atoms with Crippen LogP contribution in [0.4, 0.5) is 5.13 Å². The molecule has 1 aromatic rings. The van der Waals surface area contributed by atoms with Gasteiger partial charge in [0.05, 0.1) is 12.3 Å². The largest absolute Gasteiger partial charge is 0.380 e. The monoisotopic (exact) mass is 269 g/mol. The van der Waals surface area contributed by atoms with Crippen molar-refractivity contribution in [3.8, 4) is 0 Å². The fraction of sp³-hybridized carbons (Fsp3) is 0.769. The molecule has 1 aromatic heterocycles. The second kappa shape index (κ2) is 6.50. The van der Waals surface area contributed by atoms with Crippen LogP contribution < -0.4 is 10.2 Å². The zero-order chi connectivity index (χ0) is 13.0. The standard InChI is InChI=1S/C13H23N3OS/c1-4-14-10(2)12-11(3)15-13(18-12)16-6-5-8-17-9-7-16/h10,14H,4-9H2,1-3H3. The van der Waals surface area contributed by atoms with Crippen molar-refractivity contribution in [2.24, 2.45) is 0 Å². The van der Waals surface area contributed by atoms with E-state index in [1.165, 1.54) is 4.88 Å². The van der Waals surface area contributed by atoms with Crippen LogP contribution in [0.1, 0.15) is 36.9 Å². The Balaban J connectivity index is 2.11. The number of hydrogen-bond donors (Lipinski definition) is 1. The Bertz CT molecular complexity index is 372. The smallest absolute Gasteiger partial charge is 0.185 e. The van der Waals surface area contributed by atoms with Crippen molar-refractivity contribution in [2.75, 3.05) is 37.7 Å². The predicted molar refractivity (Wildman–Crippen MR) is 76.6 cm³/mol. The number of rotatable bonds is 4. The van der Waals surface area contributed by atoms with Crippen molar-refractivity contribution in [3.63, 3.8) is 0 Å². The molecule has 18 heavy (non-hydrogen) atoms. The van der Waals surface area contributed by atoms with Gasteiger partial charge in [0.2, 0.25) is 0 Å². The number of thiazole rings is 1. The van der Waals surface area contributed by atoms with Crippen molar-refractivity contribution in [3.05, 3.63) is 10.6 Å². The van der Waals surface area contributed by atoms with Crippen LogP contribution in [0.2, 0.25) is 0 Å². The minimum absolute atomic E-state index is 0.393. The summed E-state index contributed by atoms with van der Waals surface area (Å²) >= 11 is 1.82. The molecule has 0 aliphatic carbocycles. The molecular formula is C13H23N3OS. The van der Waals surface area contributed by atoms with Gasteiger partial charge in [0.25, 0.3) is 0 Å². The summed E-state index contributed by atoms with van der Waals surface area (Å²) in [7, 11) is 0. The van der Waals surface area contributed by atoms with Crippen LogP contribution in [-0.2, 0) is 4.74 Å². The molecule has 1 unspecified atom stereocenters. The second-order valence-electron chi connectivity index (χ2n) is 4.68. The maximum Gasteiger partial charge on any atom is 0.185 e. The first kappa shape index (κ1) is 13.8. The van der Waals surface area contributed by atoms with Crippen LogP contribution in [0, 0.1) is 6.92 Å². The molecule has 2 rings (SSSR count). The third kappa shape index (κ3) is 3.22. The third-order valence-electron chi connectivity index (χ3n) is 3.22. The quantitative estimate of drug-likeness (QED) is 0.910. The number of nitrogens with one attached hydrogen (secondary N) is 1. The molecule has 0 radical (unpaired) electrons. The Kier molecular flexibility index (Phi) is 4.97. The van der Waals surface area contributed by atoms with E-state index in [1.54, 1.807) is 0 Å². The highest BCUT2D eigenvalue weighted by molar-refractivity contribution is 7.15. The Morgan fingerprint density at radius 1 is 1.44 bits per heavy atom. The van der Waals surface area contributed by atoms with Gasteiger partial charge >= 0.3 is 0 Å². The van der Waals surface area contributed by atoms with Crippen molar-refractivity contribution in [2.45, 2.75) is 33.2 Å². The van der Waals surface area contributed by atoms with Crippen LogP contribution in [0.15, 0.2) is 0 Å². The lowest BCUT2D eigenvalue weighted by molar-refractivity contribution is 0.152. The number of aryl methyl sites for hydroxylation is 1. The molecule has 0 bridgehead atoms. The summed E-state index contributed by atoms with van der Waals surface area (Å²) in [5, 5.41) is 4.61. The van der Waals surface area contributed by atoms with Crippen LogP contribution in [-0.4, -0.2) is 37.8 Å². The first-order valence-electron chi connectivity index (χ1n) is 6.75. The van der Waals surface area contributed by atoms with Gasteiger partial charge in [0.15, 0.2) is 5.13 Å². The minimum Gasteiger partial charge on any atom is -0.380 e. The summed E-state index contributed by atoms with van der Waals surface area (Å²) in [5.74, 6) is 0. The van der Waals surface area contributed by atoms with Gasteiger partial charge in [-0.2, -0.15) is 0 Å². The molecule has 1 fully saturated rings. The lowest BCUT2D eigenvalue weighted by Gasteiger charge is -2.17.